The van der Waals surface area contributed by atoms with Gasteiger partial charge < -0.3 is 4.43 Å². The first-order chi connectivity index (χ1) is 6.64. The monoisotopic (exact) mass is 248 g/mol. The molecule has 0 aliphatic rings. The number of unbranched alkanes of at least 4 members (excludes halogenated alkanes) is 1. The summed E-state index contributed by atoms with van der Waals surface area (Å²) in [5.41, 5.74) is 0. The van der Waals surface area contributed by atoms with Crippen molar-refractivity contribution in [1.82, 2.24) is 0 Å². The van der Waals surface area contributed by atoms with Crippen LogP contribution in [0.5, 0.6) is 5.75 Å². The fraction of sp³-hybridized carbons (Fsp3) is 0.400. The van der Waals surface area contributed by atoms with Crippen molar-refractivity contribution in [3.8, 4) is 5.75 Å². The predicted octanol–water partition coefficient (Wildman–Crippen LogP) is 4.28. The lowest BCUT2D eigenvalue weighted by molar-refractivity contribution is 0.571. The normalized spacial score (nSPS) is 11.4. The van der Waals surface area contributed by atoms with Crippen LogP contribution >= 0.6 is 22.2 Å². The molecular weight excluding hydrogens is 235 g/mol. The highest BCUT2D eigenvalue weighted by Gasteiger charge is 2.31. The van der Waals surface area contributed by atoms with Gasteiger partial charge in [0.05, 0.1) is 0 Å². The second-order valence-corrected chi connectivity index (χ2v) is 9.38. The number of benzene rings is 1. The number of hydrogen-bond acceptors (Lipinski definition) is 1. The second-order valence-electron chi connectivity index (χ2n) is 3.16. The van der Waals surface area contributed by atoms with Crippen molar-refractivity contribution in [2.24, 2.45) is 0 Å². The van der Waals surface area contributed by atoms with Crippen LogP contribution in [-0.4, -0.2) is 6.94 Å². The summed E-state index contributed by atoms with van der Waals surface area (Å²) in [6.45, 7) is -0.409. The highest BCUT2D eigenvalue weighted by Crippen LogP contribution is 2.27. The van der Waals surface area contributed by atoms with Gasteiger partial charge in [0.15, 0.2) is 0 Å². The molecule has 1 nitrogen and oxygen atoms in total. The average Bonchev–Trinajstić information content (AvgIpc) is 2.16. The lowest BCUT2D eigenvalue weighted by atomic mass is 10.3. The molecule has 0 aliphatic heterocycles. The molecule has 1 aromatic carbocycles. The van der Waals surface area contributed by atoms with E-state index in [0.717, 1.165) is 24.6 Å². The summed E-state index contributed by atoms with van der Waals surface area (Å²) in [6, 6.07) is 10.3. The van der Waals surface area contributed by atoms with Gasteiger partial charge in [0.2, 0.25) is 0 Å². The van der Waals surface area contributed by atoms with Crippen molar-refractivity contribution in [1.29, 1.82) is 0 Å². The Morgan fingerprint density at radius 1 is 1.21 bits per heavy atom. The molecule has 1 rings (SSSR count). The van der Waals surface area contributed by atoms with E-state index < -0.39 is 6.94 Å². The lowest BCUT2D eigenvalue weighted by Crippen LogP contribution is -2.28. The molecule has 0 N–H and O–H groups in total. The van der Waals surface area contributed by atoms with E-state index >= 15 is 0 Å². The van der Waals surface area contributed by atoms with Crippen LogP contribution in [0.15, 0.2) is 30.3 Å². The summed E-state index contributed by atoms with van der Waals surface area (Å²) < 4.78 is 5.57. The van der Waals surface area contributed by atoms with Gasteiger partial charge in [-0.05, 0) is 12.1 Å². The van der Waals surface area contributed by atoms with Gasteiger partial charge in [-0.15, -0.1) is 0 Å². The third-order valence-electron chi connectivity index (χ3n) is 1.83. The zero-order valence-corrected chi connectivity index (χ0v) is 10.7. The molecule has 1 aromatic rings. The van der Waals surface area contributed by atoms with Crippen LogP contribution in [-0.2, 0) is 0 Å². The van der Waals surface area contributed by atoms with Gasteiger partial charge >= 0.3 is 6.94 Å². The quantitative estimate of drug-likeness (QED) is 0.559. The molecule has 0 saturated carbocycles. The van der Waals surface area contributed by atoms with Crippen LogP contribution in [0.3, 0.4) is 0 Å². The molecule has 0 aliphatic carbocycles. The minimum Gasteiger partial charge on any atom is -0.518 e. The Hall–Kier alpha value is -0.183. The Labute approximate surface area is 95.5 Å². The largest absolute Gasteiger partial charge is 0.518 e. The van der Waals surface area contributed by atoms with Crippen LogP contribution in [0.4, 0.5) is 0 Å². The highest BCUT2D eigenvalue weighted by molar-refractivity contribution is 7.42. The van der Waals surface area contributed by atoms with Crippen molar-refractivity contribution >= 4 is 29.1 Å². The van der Waals surface area contributed by atoms with Crippen LogP contribution < -0.4 is 4.43 Å². The van der Waals surface area contributed by atoms with E-state index in [9.17, 15) is 0 Å². The molecule has 78 valence electrons. The standard InChI is InChI=1S/C10H14Cl2OSi/c1-2-3-9-14(11,12)13-10-7-5-4-6-8-10/h4-8H,2-3,9H2,1H3. The zero-order valence-electron chi connectivity index (χ0n) is 8.17. The van der Waals surface area contributed by atoms with Crippen LogP contribution in [0.1, 0.15) is 19.8 Å². The third kappa shape index (κ3) is 4.36. The van der Waals surface area contributed by atoms with Crippen LogP contribution in [0, 0.1) is 0 Å². The van der Waals surface area contributed by atoms with Crippen molar-refractivity contribution in [3.05, 3.63) is 30.3 Å². The van der Waals surface area contributed by atoms with E-state index in [0.29, 0.717) is 0 Å². The van der Waals surface area contributed by atoms with E-state index in [-0.39, 0.29) is 0 Å². The number of para-hydroxylation sites is 1. The molecule has 0 heterocycles. The second kappa shape index (κ2) is 5.64. The van der Waals surface area contributed by atoms with Crippen LogP contribution in [0.2, 0.25) is 6.04 Å². The van der Waals surface area contributed by atoms with Gasteiger partial charge in [0.25, 0.3) is 0 Å². The Morgan fingerprint density at radius 2 is 1.86 bits per heavy atom. The molecular formula is C10H14Cl2OSi. The zero-order chi connectivity index (χ0) is 10.4. The Bertz CT molecular complexity index is 264. The SMILES string of the molecule is CCCC[Si](Cl)(Cl)Oc1ccccc1. The minimum absolute atomic E-state index is 0.764. The van der Waals surface area contributed by atoms with E-state index in [1.807, 2.05) is 30.3 Å². The molecule has 0 aromatic heterocycles. The molecule has 0 fully saturated rings. The number of rotatable bonds is 5. The Kier molecular flexibility index (Phi) is 4.79. The predicted molar refractivity (Wildman–Crippen MR) is 64.2 cm³/mol. The summed E-state index contributed by atoms with van der Waals surface area (Å²) >= 11 is 12.3. The molecule has 14 heavy (non-hydrogen) atoms. The number of hydrogen-bond donors (Lipinski definition) is 0. The third-order valence-corrected chi connectivity index (χ3v) is 4.90. The summed E-state index contributed by atoms with van der Waals surface area (Å²) in [5.74, 6) is 0.764. The Morgan fingerprint density at radius 3 is 2.43 bits per heavy atom. The van der Waals surface area contributed by atoms with Crippen molar-refractivity contribution in [2.45, 2.75) is 25.8 Å². The van der Waals surface area contributed by atoms with Gasteiger partial charge in [0, 0.05) is 6.04 Å². The van der Waals surface area contributed by atoms with Crippen LogP contribution in [0.25, 0.3) is 0 Å². The summed E-state index contributed by atoms with van der Waals surface area (Å²) in [5, 5.41) is 0. The van der Waals surface area contributed by atoms with Gasteiger partial charge in [-0.2, -0.15) is 0 Å². The molecule has 0 amide bonds. The lowest BCUT2D eigenvalue weighted by Gasteiger charge is -2.18. The molecule has 0 spiro atoms. The minimum atomic E-state index is -2.52. The van der Waals surface area contributed by atoms with Gasteiger partial charge in [-0.1, -0.05) is 60.1 Å². The maximum absolute atomic E-state index is 6.13. The summed E-state index contributed by atoms with van der Waals surface area (Å²) in [6.07, 6.45) is 2.11. The fourth-order valence-corrected chi connectivity index (χ4v) is 3.78. The average molecular weight is 249 g/mol. The topological polar surface area (TPSA) is 9.23 Å². The van der Waals surface area contributed by atoms with Gasteiger partial charge in [-0.25, -0.2) is 0 Å². The smallest absolute Gasteiger partial charge is 0.449 e. The molecule has 0 saturated heterocycles. The first kappa shape index (κ1) is 11.9. The molecule has 0 unspecified atom stereocenters. The summed E-state index contributed by atoms with van der Waals surface area (Å²) in [4.78, 5) is 0. The molecule has 0 radical (unpaired) electrons. The van der Waals surface area contributed by atoms with E-state index in [1.165, 1.54) is 0 Å². The first-order valence-electron chi connectivity index (χ1n) is 4.76. The van der Waals surface area contributed by atoms with Crippen molar-refractivity contribution < 1.29 is 4.43 Å². The van der Waals surface area contributed by atoms with Gasteiger partial charge in [0.1, 0.15) is 5.75 Å². The summed E-state index contributed by atoms with van der Waals surface area (Å²) in [7, 11) is 0. The molecule has 4 heteroatoms. The maximum atomic E-state index is 6.13. The van der Waals surface area contributed by atoms with Crippen molar-refractivity contribution in [3.63, 3.8) is 0 Å². The highest BCUT2D eigenvalue weighted by atomic mass is 35.7. The fourth-order valence-electron chi connectivity index (χ4n) is 1.09. The van der Waals surface area contributed by atoms with Crippen molar-refractivity contribution in [2.75, 3.05) is 0 Å². The first-order valence-corrected chi connectivity index (χ1v) is 8.90. The maximum Gasteiger partial charge on any atom is 0.449 e. The van der Waals surface area contributed by atoms with E-state index in [4.69, 9.17) is 26.6 Å². The Balaban J connectivity index is 2.50. The number of halogens is 2. The molecule has 0 bridgehead atoms. The van der Waals surface area contributed by atoms with E-state index in [2.05, 4.69) is 6.92 Å². The van der Waals surface area contributed by atoms with Gasteiger partial charge in [-0.3, -0.25) is 0 Å². The molecule has 0 atom stereocenters. The van der Waals surface area contributed by atoms with E-state index in [1.54, 1.807) is 0 Å².